The summed E-state index contributed by atoms with van der Waals surface area (Å²) in [7, 11) is 0. The van der Waals surface area contributed by atoms with Crippen LogP contribution in [0.4, 0.5) is 0 Å². The van der Waals surface area contributed by atoms with Crippen molar-refractivity contribution in [3.8, 4) is 0 Å². The number of carbonyl (C=O) groups is 6. The van der Waals surface area contributed by atoms with Crippen LogP contribution in [0.5, 0.6) is 0 Å². The van der Waals surface area contributed by atoms with Crippen molar-refractivity contribution in [2.75, 3.05) is 0 Å². The van der Waals surface area contributed by atoms with Crippen LogP contribution in [0, 0.1) is 0 Å². The molecule has 42 heavy (non-hydrogen) atoms. The minimum atomic E-state index is -1.73. The third-order valence-electron chi connectivity index (χ3n) is 6.85. The maximum absolute atomic E-state index is 12.3. The number of aromatic carboxylic acids is 2. The van der Waals surface area contributed by atoms with Crippen LogP contribution in [0.2, 0.25) is 0 Å². The summed E-state index contributed by atoms with van der Waals surface area (Å²) in [5.74, 6) is -7.52. The lowest BCUT2D eigenvalue weighted by Gasteiger charge is -2.17. The van der Waals surface area contributed by atoms with E-state index < -0.39 is 46.6 Å². The fraction of sp³-hybridized carbons (Fsp3) is 0. The average Bonchev–Trinajstić information content (AvgIpc) is 2.96. The van der Waals surface area contributed by atoms with Gasteiger partial charge >= 0.3 is 23.9 Å². The van der Waals surface area contributed by atoms with E-state index >= 15 is 0 Å². The lowest BCUT2D eigenvalue weighted by molar-refractivity contribution is -0.135. The molecule has 0 bridgehead atoms. The molecule has 0 radical (unpaired) electrons. The van der Waals surface area contributed by atoms with Crippen LogP contribution in [0.15, 0.2) is 96.1 Å². The van der Waals surface area contributed by atoms with Gasteiger partial charge in [-0.3, -0.25) is 9.59 Å². The molecule has 206 valence electrons. The summed E-state index contributed by atoms with van der Waals surface area (Å²) >= 11 is 0. The zero-order valence-corrected chi connectivity index (χ0v) is 21.3. The Morgan fingerprint density at radius 3 is 1.02 bits per heavy atom. The largest absolute Gasteiger partial charge is 0.478 e. The molecule has 1 aliphatic carbocycles. The van der Waals surface area contributed by atoms with Crippen LogP contribution in [0.25, 0.3) is 32.3 Å². The molecule has 5 aromatic carbocycles. The van der Waals surface area contributed by atoms with Gasteiger partial charge in [0, 0.05) is 11.1 Å². The van der Waals surface area contributed by atoms with Gasteiger partial charge in [-0.25, -0.2) is 19.2 Å². The number of aliphatic carboxylic acids is 2. The van der Waals surface area contributed by atoms with Crippen molar-refractivity contribution < 1.29 is 49.2 Å². The third kappa shape index (κ3) is 4.62. The summed E-state index contributed by atoms with van der Waals surface area (Å²) in [6, 6.07) is 23.3. The zero-order chi connectivity index (χ0) is 30.3. The second-order valence-corrected chi connectivity index (χ2v) is 9.28. The van der Waals surface area contributed by atoms with Crippen molar-refractivity contribution in [3.63, 3.8) is 0 Å². The number of carboxylic acid groups (broad SMARTS) is 4. The van der Waals surface area contributed by atoms with Gasteiger partial charge in [-0.05, 0) is 68.7 Å². The summed E-state index contributed by atoms with van der Waals surface area (Å²) in [4.78, 5) is 69.6. The van der Waals surface area contributed by atoms with Crippen LogP contribution in [-0.4, -0.2) is 55.9 Å². The molecule has 0 unspecified atom stereocenters. The summed E-state index contributed by atoms with van der Waals surface area (Å²) in [6.07, 6.45) is 0. The second kappa shape index (κ2) is 10.4. The molecule has 0 aromatic heterocycles. The number of ketones is 2. The van der Waals surface area contributed by atoms with Crippen molar-refractivity contribution in [2.24, 2.45) is 0 Å². The van der Waals surface area contributed by atoms with Gasteiger partial charge < -0.3 is 20.4 Å². The average molecular weight is 562 g/mol. The van der Waals surface area contributed by atoms with Gasteiger partial charge in [-0.2, -0.15) is 0 Å². The van der Waals surface area contributed by atoms with E-state index in [1.807, 2.05) is 24.3 Å². The van der Waals surface area contributed by atoms with Crippen LogP contribution >= 0.6 is 0 Å². The van der Waals surface area contributed by atoms with E-state index in [1.54, 1.807) is 36.4 Å². The molecule has 10 nitrogen and oxygen atoms in total. The summed E-state index contributed by atoms with van der Waals surface area (Å²) in [6.45, 7) is 0. The number of Topliss-reactive ketones (excluding diaryl/α,β-unsaturated/α-hetero) is 2. The Kier molecular flexibility index (Phi) is 6.81. The molecule has 0 atom stereocenters. The Balaban J connectivity index is 0.000000169. The van der Waals surface area contributed by atoms with Gasteiger partial charge in [0.2, 0.25) is 11.6 Å². The standard InChI is InChI=1S/C16H8O6.C16H10O4/c17-13-9-5-7-3-1-2-4-8(7)6-10(9)14(18)12(16(21)22)11(13)15(19)20;17-15(18)11-5-6-12(16(19)20)14-8-10-4-2-1-3-9(10)7-13(11)14/h1-6H,(H,19,20)(H,21,22);1-8H,(H,17,18)(H,19,20). The van der Waals surface area contributed by atoms with Crippen LogP contribution < -0.4 is 0 Å². The Hall–Kier alpha value is -6.16. The maximum Gasteiger partial charge on any atom is 0.340 e. The first kappa shape index (κ1) is 27.4. The number of benzene rings is 5. The molecule has 10 heteroatoms. The van der Waals surface area contributed by atoms with Crippen molar-refractivity contribution in [1.82, 2.24) is 0 Å². The highest BCUT2D eigenvalue weighted by atomic mass is 16.4. The number of carboxylic acids is 4. The van der Waals surface area contributed by atoms with Gasteiger partial charge in [-0.15, -0.1) is 0 Å². The molecule has 0 amide bonds. The predicted molar refractivity (Wildman–Crippen MR) is 150 cm³/mol. The van der Waals surface area contributed by atoms with Crippen molar-refractivity contribution in [3.05, 3.63) is 118 Å². The fourth-order valence-corrected chi connectivity index (χ4v) is 4.93. The zero-order valence-electron chi connectivity index (χ0n) is 21.3. The lowest BCUT2D eigenvalue weighted by Crippen LogP contribution is -2.30. The van der Waals surface area contributed by atoms with E-state index in [0.29, 0.717) is 21.5 Å². The van der Waals surface area contributed by atoms with Gasteiger partial charge in [-0.1, -0.05) is 48.5 Å². The Morgan fingerprint density at radius 1 is 0.429 bits per heavy atom. The molecule has 6 rings (SSSR count). The Bertz CT molecular complexity index is 1940. The minimum absolute atomic E-state index is 0.0916. The molecule has 0 saturated carbocycles. The number of rotatable bonds is 4. The van der Waals surface area contributed by atoms with Gasteiger partial charge in [0.05, 0.1) is 11.1 Å². The van der Waals surface area contributed by atoms with Gasteiger partial charge in [0.15, 0.2) is 0 Å². The molecular formula is C32H18O10. The predicted octanol–water partition coefficient (Wildman–Crippen LogP) is 5.07. The van der Waals surface area contributed by atoms with E-state index in [2.05, 4.69) is 0 Å². The molecular weight excluding hydrogens is 544 g/mol. The highest BCUT2D eigenvalue weighted by Crippen LogP contribution is 2.31. The van der Waals surface area contributed by atoms with Crippen LogP contribution in [0.3, 0.4) is 0 Å². The monoisotopic (exact) mass is 562 g/mol. The van der Waals surface area contributed by atoms with Crippen molar-refractivity contribution in [2.45, 2.75) is 0 Å². The van der Waals surface area contributed by atoms with E-state index in [4.69, 9.17) is 10.2 Å². The summed E-state index contributed by atoms with van der Waals surface area (Å²) < 4.78 is 0. The fourth-order valence-electron chi connectivity index (χ4n) is 4.93. The second-order valence-electron chi connectivity index (χ2n) is 9.28. The normalized spacial score (nSPS) is 12.6. The summed E-state index contributed by atoms with van der Waals surface area (Å²) in [5, 5.41) is 40.6. The maximum atomic E-state index is 12.3. The number of fused-ring (bicyclic) bond motifs is 4. The number of hydrogen-bond donors (Lipinski definition) is 4. The van der Waals surface area contributed by atoms with Crippen LogP contribution in [-0.2, 0) is 9.59 Å². The molecule has 5 aromatic rings. The van der Waals surface area contributed by atoms with E-state index in [9.17, 15) is 39.0 Å². The van der Waals surface area contributed by atoms with E-state index in [0.717, 1.165) is 10.8 Å². The highest BCUT2D eigenvalue weighted by molar-refractivity contribution is 6.41. The van der Waals surface area contributed by atoms with Crippen molar-refractivity contribution >= 4 is 67.8 Å². The molecule has 0 heterocycles. The first-order chi connectivity index (χ1) is 20.0. The third-order valence-corrected chi connectivity index (χ3v) is 6.85. The number of hydrogen-bond acceptors (Lipinski definition) is 6. The molecule has 0 fully saturated rings. The quantitative estimate of drug-likeness (QED) is 0.170. The highest BCUT2D eigenvalue weighted by Gasteiger charge is 2.39. The first-order valence-electron chi connectivity index (χ1n) is 12.2. The minimum Gasteiger partial charge on any atom is -0.478 e. The van der Waals surface area contributed by atoms with Gasteiger partial charge in [0.1, 0.15) is 11.1 Å². The van der Waals surface area contributed by atoms with E-state index in [1.165, 1.54) is 24.3 Å². The molecule has 0 aliphatic heterocycles. The number of carbonyl (C=O) groups excluding carboxylic acids is 2. The molecule has 0 spiro atoms. The summed E-state index contributed by atoms with van der Waals surface area (Å²) in [5.41, 5.74) is -1.97. The first-order valence-corrected chi connectivity index (χ1v) is 12.2. The Labute approximate surface area is 235 Å². The van der Waals surface area contributed by atoms with Gasteiger partial charge in [0.25, 0.3) is 0 Å². The lowest BCUT2D eigenvalue weighted by atomic mass is 9.82. The Morgan fingerprint density at radius 2 is 0.738 bits per heavy atom. The molecule has 0 saturated heterocycles. The topological polar surface area (TPSA) is 183 Å². The SMILES string of the molecule is O=C(O)C1=C(C(=O)O)C(=O)c2cc3ccccc3cc2C1=O.O=C(O)c1ccc(C(=O)O)c2cc3ccccc3cc12. The molecule has 4 N–H and O–H groups in total. The van der Waals surface area contributed by atoms with Crippen molar-refractivity contribution in [1.29, 1.82) is 0 Å². The molecule has 1 aliphatic rings. The smallest absolute Gasteiger partial charge is 0.340 e. The van der Waals surface area contributed by atoms with E-state index in [-0.39, 0.29) is 22.3 Å². The van der Waals surface area contributed by atoms with Crippen LogP contribution in [0.1, 0.15) is 41.4 Å².